The van der Waals surface area contributed by atoms with Crippen LogP contribution in [0.2, 0.25) is 0 Å². The molecule has 0 bridgehead atoms. The fourth-order valence-corrected chi connectivity index (χ4v) is 3.52. The molecule has 7 heteroatoms. The second-order valence-corrected chi connectivity index (χ2v) is 8.02. The van der Waals surface area contributed by atoms with Gasteiger partial charge in [0.05, 0.1) is 26.4 Å². The molecule has 0 fully saturated rings. The molecule has 0 amide bonds. The smallest absolute Gasteiger partial charge is 0.374 e. The van der Waals surface area contributed by atoms with E-state index in [1.165, 1.54) is 0 Å². The topological polar surface area (TPSA) is 27.7 Å². The SMILES string of the molecule is C=C[C@@](F)([C@H](OCc1ccccc1)[C@@H](COCc1ccccc1)OCc1ccccc1)C(F)(F)F. The van der Waals surface area contributed by atoms with Crippen LogP contribution in [-0.4, -0.2) is 30.7 Å². The minimum Gasteiger partial charge on any atom is -0.374 e. The van der Waals surface area contributed by atoms with Gasteiger partial charge in [0.15, 0.2) is 0 Å². The fourth-order valence-electron chi connectivity index (χ4n) is 3.52. The van der Waals surface area contributed by atoms with Crippen molar-refractivity contribution in [1.29, 1.82) is 0 Å². The van der Waals surface area contributed by atoms with Gasteiger partial charge in [-0.05, 0) is 22.8 Å². The highest BCUT2D eigenvalue weighted by Gasteiger charge is 2.62. The molecule has 0 saturated heterocycles. The van der Waals surface area contributed by atoms with Gasteiger partial charge >= 0.3 is 6.18 Å². The van der Waals surface area contributed by atoms with Crippen LogP contribution >= 0.6 is 0 Å². The Kier molecular flexibility index (Phi) is 9.60. The Labute approximate surface area is 203 Å². The first kappa shape index (κ1) is 26.6. The summed E-state index contributed by atoms with van der Waals surface area (Å²) in [6.45, 7) is 2.64. The molecule has 3 rings (SSSR count). The van der Waals surface area contributed by atoms with Crippen LogP contribution in [0.1, 0.15) is 16.7 Å². The molecule has 186 valence electrons. The molecule has 0 unspecified atom stereocenters. The van der Waals surface area contributed by atoms with Gasteiger partial charge in [0.1, 0.15) is 12.2 Å². The second kappa shape index (κ2) is 12.6. The zero-order valence-electron chi connectivity index (χ0n) is 19.2. The number of benzene rings is 3. The summed E-state index contributed by atoms with van der Waals surface area (Å²) in [6.07, 6.45) is -8.48. The lowest BCUT2D eigenvalue weighted by Crippen LogP contribution is -2.57. The average molecular weight is 489 g/mol. The van der Waals surface area contributed by atoms with E-state index in [-0.39, 0.29) is 32.5 Å². The maximum Gasteiger partial charge on any atom is 0.428 e. The van der Waals surface area contributed by atoms with Crippen LogP contribution in [0, 0.1) is 0 Å². The molecular weight excluding hydrogens is 460 g/mol. The van der Waals surface area contributed by atoms with Crippen molar-refractivity contribution in [3.05, 3.63) is 120 Å². The van der Waals surface area contributed by atoms with Crippen molar-refractivity contribution in [2.45, 2.75) is 43.9 Å². The van der Waals surface area contributed by atoms with Gasteiger partial charge < -0.3 is 14.2 Å². The average Bonchev–Trinajstić information content (AvgIpc) is 2.87. The highest BCUT2D eigenvalue weighted by atomic mass is 19.4. The number of hydrogen-bond acceptors (Lipinski definition) is 3. The van der Waals surface area contributed by atoms with Crippen molar-refractivity contribution in [1.82, 2.24) is 0 Å². The van der Waals surface area contributed by atoms with E-state index in [1.54, 1.807) is 54.6 Å². The Bertz CT molecular complexity index is 1010. The van der Waals surface area contributed by atoms with Gasteiger partial charge in [-0.2, -0.15) is 13.2 Å². The number of ether oxygens (including phenoxy) is 3. The molecule has 3 aromatic rings. The Balaban J connectivity index is 1.86. The predicted molar refractivity (Wildman–Crippen MR) is 126 cm³/mol. The molecule has 3 nitrogen and oxygen atoms in total. The molecule has 0 aliphatic rings. The lowest BCUT2D eigenvalue weighted by Gasteiger charge is -2.37. The van der Waals surface area contributed by atoms with Crippen LogP contribution in [0.3, 0.4) is 0 Å². The van der Waals surface area contributed by atoms with Crippen molar-refractivity contribution < 1.29 is 31.8 Å². The van der Waals surface area contributed by atoms with Crippen molar-refractivity contribution in [2.24, 2.45) is 0 Å². The monoisotopic (exact) mass is 488 g/mol. The molecule has 3 aromatic carbocycles. The Hall–Kier alpha value is -3.00. The molecule has 0 saturated carbocycles. The Morgan fingerprint density at radius 1 is 0.657 bits per heavy atom. The van der Waals surface area contributed by atoms with Crippen LogP contribution in [0.4, 0.5) is 17.6 Å². The van der Waals surface area contributed by atoms with Crippen LogP contribution in [0.15, 0.2) is 104 Å². The number of halogens is 4. The van der Waals surface area contributed by atoms with E-state index >= 15 is 4.39 Å². The molecule has 35 heavy (non-hydrogen) atoms. The van der Waals surface area contributed by atoms with Crippen LogP contribution in [0.5, 0.6) is 0 Å². The summed E-state index contributed by atoms with van der Waals surface area (Å²) in [7, 11) is 0. The first-order chi connectivity index (χ1) is 16.8. The summed E-state index contributed by atoms with van der Waals surface area (Å²) in [6, 6.07) is 26.6. The quantitative estimate of drug-likeness (QED) is 0.195. The van der Waals surface area contributed by atoms with E-state index in [2.05, 4.69) is 6.58 Å². The van der Waals surface area contributed by atoms with Gasteiger partial charge in [0.2, 0.25) is 0 Å². The summed E-state index contributed by atoms with van der Waals surface area (Å²) < 4.78 is 74.6. The molecule has 0 heterocycles. The van der Waals surface area contributed by atoms with Crippen LogP contribution in [0.25, 0.3) is 0 Å². The van der Waals surface area contributed by atoms with E-state index in [9.17, 15) is 13.2 Å². The summed E-state index contributed by atoms with van der Waals surface area (Å²) >= 11 is 0. The fraction of sp³-hybridized carbons (Fsp3) is 0.286. The first-order valence-corrected chi connectivity index (χ1v) is 11.2. The third-order valence-corrected chi connectivity index (χ3v) is 5.46. The maximum atomic E-state index is 15.6. The standard InChI is InChI=1S/C28H28F4O3/c1-2-27(29,28(30,31)32)26(35-20-24-16-10-5-11-17-24)25(34-19-23-14-8-4-9-15-23)21-33-18-22-12-6-3-7-13-22/h2-17,25-26H,1,18-21H2/t25-,26-,27-/m1/s1. The molecule has 0 aromatic heterocycles. The predicted octanol–water partition coefficient (Wildman–Crippen LogP) is 6.83. The van der Waals surface area contributed by atoms with Gasteiger partial charge in [-0.1, -0.05) is 97.6 Å². The van der Waals surface area contributed by atoms with E-state index in [1.807, 2.05) is 36.4 Å². The highest BCUT2D eigenvalue weighted by molar-refractivity contribution is 5.16. The zero-order chi connectivity index (χ0) is 25.2. The van der Waals surface area contributed by atoms with E-state index < -0.39 is 24.1 Å². The molecule has 0 spiro atoms. The van der Waals surface area contributed by atoms with E-state index in [0.29, 0.717) is 5.56 Å². The van der Waals surface area contributed by atoms with Gasteiger partial charge in [0.25, 0.3) is 5.67 Å². The van der Waals surface area contributed by atoms with E-state index in [0.717, 1.165) is 11.1 Å². The highest BCUT2D eigenvalue weighted by Crippen LogP contribution is 2.41. The Morgan fingerprint density at radius 3 is 1.51 bits per heavy atom. The minimum atomic E-state index is -5.27. The third kappa shape index (κ3) is 7.49. The molecule has 3 atom stereocenters. The minimum absolute atomic E-state index is 0.0452. The zero-order valence-corrected chi connectivity index (χ0v) is 19.2. The van der Waals surface area contributed by atoms with Crippen molar-refractivity contribution in [3.63, 3.8) is 0 Å². The van der Waals surface area contributed by atoms with Gasteiger partial charge in [-0.3, -0.25) is 0 Å². The van der Waals surface area contributed by atoms with Gasteiger partial charge in [-0.25, -0.2) is 4.39 Å². The largest absolute Gasteiger partial charge is 0.428 e. The molecular formula is C28H28F4O3. The van der Waals surface area contributed by atoms with Gasteiger partial charge in [-0.15, -0.1) is 0 Å². The molecule has 0 aliphatic heterocycles. The second-order valence-electron chi connectivity index (χ2n) is 8.02. The van der Waals surface area contributed by atoms with Crippen molar-refractivity contribution >= 4 is 0 Å². The van der Waals surface area contributed by atoms with Crippen molar-refractivity contribution in [2.75, 3.05) is 6.61 Å². The molecule has 0 radical (unpaired) electrons. The molecule has 0 N–H and O–H groups in total. The Morgan fingerprint density at radius 2 is 1.09 bits per heavy atom. The summed E-state index contributed by atoms with van der Waals surface area (Å²) in [5, 5.41) is 0. The summed E-state index contributed by atoms with van der Waals surface area (Å²) in [5.41, 5.74) is -1.73. The lowest BCUT2D eigenvalue weighted by atomic mass is 9.93. The third-order valence-electron chi connectivity index (χ3n) is 5.46. The van der Waals surface area contributed by atoms with Crippen molar-refractivity contribution in [3.8, 4) is 0 Å². The molecule has 0 aliphatic carbocycles. The number of hydrogen-bond donors (Lipinski definition) is 0. The lowest BCUT2D eigenvalue weighted by molar-refractivity contribution is -0.270. The maximum absolute atomic E-state index is 15.6. The first-order valence-electron chi connectivity index (χ1n) is 11.2. The summed E-state index contributed by atoms with van der Waals surface area (Å²) in [5.74, 6) is 0. The van der Waals surface area contributed by atoms with Gasteiger partial charge in [0, 0.05) is 0 Å². The van der Waals surface area contributed by atoms with Crippen LogP contribution < -0.4 is 0 Å². The summed E-state index contributed by atoms with van der Waals surface area (Å²) in [4.78, 5) is 0. The number of rotatable bonds is 13. The normalized spacial score (nSPS) is 15.2. The van der Waals surface area contributed by atoms with Crippen LogP contribution in [-0.2, 0) is 34.0 Å². The van der Waals surface area contributed by atoms with E-state index in [4.69, 9.17) is 14.2 Å². The number of alkyl halides is 4.